The van der Waals surface area contributed by atoms with E-state index in [9.17, 15) is 8.78 Å². The zero-order valence-corrected chi connectivity index (χ0v) is 8.90. The number of nitrogens with two attached hydrogens (primary N) is 1. The molecule has 0 spiro atoms. The van der Waals surface area contributed by atoms with Gasteiger partial charge in [0.2, 0.25) is 0 Å². The van der Waals surface area contributed by atoms with Crippen molar-refractivity contribution in [3.63, 3.8) is 0 Å². The van der Waals surface area contributed by atoms with Gasteiger partial charge in [0.1, 0.15) is 5.69 Å². The lowest BCUT2D eigenvalue weighted by atomic mass is 10.2. The summed E-state index contributed by atoms with van der Waals surface area (Å²) < 4.78 is 28.5. The summed E-state index contributed by atoms with van der Waals surface area (Å²) in [6, 6.07) is 3.69. The fourth-order valence-corrected chi connectivity index (χ4v) is 1.90. The second-order valence-electron chi connectivity index (χ2n) is 4.12. The summed E-state index contributed by atoms with van der Waals surface area (Å²) in [4.78, 5) is 0. The minimum atomic E-state index is -0.670. The van der Waals surface area contributed by atoms with Gasteiger partial charge in [-0.15, -0.1) is 5.10 Å². The highest BCUT2D eigenvalue weighted by Crippen LogP contribution is 2.43. The molecule has 1 saturated carbocycles. The van der Waals surface area contributed by atoms with Gasteiger partial charge >= 0.3 is 0 Å². The third-order valence-corrected chi connectivity index (χ3v) is 2.85. The molecular formula is C11H10F2N4. The quantitative estimate of drug-likeness (QED) is 0.867. The maximum absolute atomic E-state index is 13.6. The Bertz CT molecular complexity index is 555. The second-order valence-corrected chi connectivity index (χ2v) is 4.12. The Balaban J connectivity index is 2.21. The number of benzene rings is 1. The van der Waals surface area contributed by atoms with E-state index >= 15 is 0 Å². The van der Waals surface area contributed by atoms with Gasteiger partial charge in [-0.2, -0.15) is 0 Å². The molecule has 1 aliphatic carbocycles. The molecular weight excluding hydrogens is 226 g/mol. The van der Waals surface area contributed by atoms with Gasteiger partial charge in [-0.05, 0) is 25.0 Å². The molecule has 0 radical (unpaired) electrons. The predicted octanol–water partition coefficient (Wildman–Crippen LogP) is 2.01. The van der Waals surface area contributed by atoms with Crippen molar-refractivity contribution in [2.45, 2.75) is 18.8 Å². The van der Waals surface area contributed by atoms with E-state index in [-0.39, 0.29) is 17.4 Å². The van der Waals surface area contributed by atoms with E-state index in [1.54, 1.807) is 0 Å². The minimum Gasteiger partial charge on any atom is -0.381 e. The van der Waals surface area contributed by atoms with Crippen LogP contribution < -0.4 is 5.73 Å². The van der Waals surface area contributed by atoms with E-state index in [2.05, 4.69) is 10.3 Å². The van der Waals surface area contributed by atoms with Crippen molar-refractivity contribution >= 4 is 5.82 Å². The lowest BCUT2D eigenvalue weighted by molar-refractivity contribution is 0.551. The first-order valence-corrected chi connectivity index (χ1v) is 5.34. The lowest BCUT2D eigenvalue weighted by Crippen LogP contribution is -2.07. The van der Waals surface area contributed by atoms with Crippen LogP contribution in [-0.2, 0) is 0 Å². The molecule has 88 valence electrons. The standard InChI is InChI=1S/C11H10F2N4/c12-7-2-1-3-8(13)10(7)17-9(6-4-5-6)11(14)15-16-17/h1-3,6H,4-5,14H2. The van der Waals surface area contributed by atoms with E-state index in [0.29, 0.717) is 5.69 Å². The van der Waals surface area contributed by atoms with Crippen LogP contribution in [0.1, 0.15) is 24.5 Å². The molecule has 0 amide bonds. The van der Waals surface area contributed by atoms with Crippen LogP contribution >= 0.6 is 0 Å². The first-order chi connectivity index (χ1) is 8.18. The average Bonchev–Trinajstić information content (AvgIpc) is 3.04. The molecule has 17 heavy (non-hydrogen) atoms. The van der Waals surface area contributed by atoms with Crippen LogP contribution in [-0.4, -0.2) is 15.0 Å². The Kier molecular flexibility index (Phi) is 2.10. The number of nitrogens with zero attached hydrogens (tertiary/aromatic N) is 3. The predicted molar refractivity (Wildman–Crippen MR) is 57.7 cm³/mol. The van der Waals surface area contributed by atoms with Gasteiger partial charge in [0, 0.05) is 5.92 Å². The molecule has 1 aromatic heterocycles. The molecule has 1 fully saturated rings. The van der Waals surface area contributed by atoms with Crippen LogP contribution in [0.4, 0.5) is 14.6 Å². The van der Waals surface area contributed by atoms with Gasteiger partial charge in [-0.25, -0.2) is 13.5 Å². The van der Waals surface area contributed by atoms with Crippen molar-refractivity contribution in [3.05, 3.63) is 35.5 Å². The summed E-state index contributed by atoms with van der Waals surface area (Å²) in [6.07, 6.45) is 1.90. The van der Waals surface area contributed by atoms with E-state index in [1.165, 1.54) is 22.9 Å². The van der Waals surface area contributed by atoms with E-state index in [1.807, 2.05) is 0 Å². The molecule has 3 rings (SSSR count). The van der Waals surface area contributed by atoms with Crippen molar-refractivity contribution in [1.82, 2.24) is 15.0 Å². The number of nitrogen functional groups attached to an aromatic ring is 1. The normalized spacial score (nSPS) is 15.2. The zero-order valence-electron chi connectivity index (χ0n) is 8.90. The van der Waals surface area contributed by atoms with Crippen LogP contribution in [0.3, 0.4) is 0 Å². The second kappa shape index (κ2) is 3.51. The van der Waals surface area contributed by atoms with Gasteiger partial charge < -0.3 is 5.73 Å². The molecule has 2 N–H and O–H groups in total. The van der Waals surface area contributed by atoms with E-state index < -0.39 is 11.6 Å². The van der Waals surface area contributed by atoms with Gasteiger partial charge in [-0.1, -0.05) is 11.3 Å². The largest absolute Gasteiger partial charge is 0.381 e. The summed E-state index contributed by atoms with van der Waals surface area (Å²) in [5, 5.41) is 7.42. The van der Waals surface area contributed by atoms with Crippen molar-refractivity contribution in [2.75, 3.05) is 5.73 Å². The Morgan fingerprint density at radius 1 is 1.24 bits per heavy atom. The maximum Gasteiger partial charge on any atom is 0.169 e. The van der Waals surface area contributed by atoms with Gasteiger partial charge in [0.15, 0.2) is 17.5 Å². The van der Waals surface area contributed by atoms with E-state index in [0.717, 1.165) is 12.8 Å². The average molecular weight is 236 g/mol. The molecule has 4 nitrogen and oxygen atoms in total. The smallest absolute Gasteiger partial charge is 0.169 e. The summed E-state index contributed by atoms with van der Waals surface area (Å²) in [5.74, 6) is -0.882. The fourth-order valence-electron chi connectivity index (χ4n) is 1.90. The summed E-state index contributed by atoms with van der Waals surface area (Å²) >= 11 is 0. The number of hydrogen-bond donors (Lipinski definition) is 1. The van der Waals surface area contributed by atoms with Gasteiger partial charge in [-0.3, -0.25) is 0 Å². The van der Waals surface area contributed by atoms with Crippen molar-refractivity contribution < 1.29 is 8.78 Å². The highest BCUT2D eigenvalue weighted by molar-refractivity contribution is 5.45. The van der Waals surface area contributed by atoms with Crippen LogP contribution in [0, 0.1) is 11.6 Å². The van der Waals surface area contributed by atoms with Gasteiger partial charge in [0.05, 0.1) is 5.69 Å². The van der Waals surface area contributed by atoms with Crippen LogP contribution in [0.5, 0.6) is 0 Å². The highest BCUT2D eigenvalue weighted by Gasteiger charge is 2.32. The fraction of sp³-hybridized carbons (Fsp3) is 0.273. The number of aromatic nitrogens is 3. The SMILES string of the molecule is Nc1nnn(-c2c(F)cccc2F)c1C1CC1. The molecule has 1 heterocycles. The Hall–Kier alpha value is -1.98. The Labute approximate surface area is 96.0 Å². The number of rotatable bonds is 2. The first kappa shape index (κ1) is 10.2. The molecule has 0 aliphatic heterocycles. The van der Waals surface area contributed by atoms with Gasteiger partial charge in [0.25, 0.3) is 0 Å². The molecule has 0 atom stereocenters. The molecule has 1 aromatic carbocycles. The molecule has 0 saturated heterocycles. The number of para-hydroxylation sites is 1. The Morgan fingerprint density at radius 3 is 2.47 bits per heavy atom. The van der Waals surface area contributed by atoms with Crippen molar-refractivity contribution in [3.8, 4) is 5.69 Å². The summed E-state index contributed by atoms with van der Waals surface area (Å²) in [7, 11) is 0. The topological polar surface area (TPSA) is 56.7 Å². The molecule has 0 bridgehead atoms. The van der Waals surface area contributed by atoms with Crippen molar-refractivity contribution in [1.29, 1.82) is 0 Å². The van der Waals surface area contributed by atoms with Crippen LogP contribution in [0.2, 0.25) is 0 Å². The third-order valence-electron chi connectivity index (χ3n) is 2.85. The number of anilines is 1. The minimum absolute atomic E-state index is 0.210. The van der Waals surface area contributed by atoms with E-state index in [4.69, 9.17) is 5.73 Å². The number of hydrogen-bond acceptors (Lipinski definition) is 3. The molecule has 1 aliphatic rings. The maximum atomic E-state index is 13.6. The molecule has 0 unspecified atom stereocenters. The Morgan fingerprint density at radius 2 is 1.88 bits per heavy atom. The lowest BCUT2D eigenvalue weighted by Gasteiger charge is -2.07. The monoisotopic (exact) mass is 236 g/mol. The molecule has 6 heteroatoms. The summed E-state index contributed by atoms with van der Waals surface area (Å²) in [6.45, 7) is 0. The van der Waals surface area contributed by atoms with Crippen molar-refractivity contribution in [2.24, 2.45) is 0 Å². The number of halogens is 2. The highest BCUT2D eigenvalue weighted by atomic mass is 19.1. The third kappa shape index (κ3) is 1.56. The summed E-state index contributed by atoms with van der Waals surface area (Å²) in [5.41, 5.74) is 6.08. The van der Waals surface area contributed by atoms with Crippen LogP contribution in [0.25, 0.3) is 5.69 Å². The molecule has 2 aromatic rings. The van der Waals surface area contributed by atoms with Crippen LogP contribution in [0.15, 0.2) is 18.2 Å². The zero-order chi connectivity index (χ0) is 12.0. The first-order valence-electron chi connectivity index (χ1n) is 5.34.